The number of nitro groups is 1. The number of nitro benzene ring substituents is 1. The van der Waals surface area contributed by atoms with Crippen molar-refractivity contribution in [2.24, 2.45) is 5.10 Å². The fourth-order valence-electron chi connectivity index (χ4n) is 2.60. The third-order valence-corrected chi connectivity index (χ3v) is 5.06. The van der Waals surface area contributed by atoms with Crippen LogP contribution in [0.5, 0.6) is 0 Å². The van der Waals surface area contributed by atoms with Gasteiger partial charge in [-0.15, -0.1) is 0 Å². The molecule has 3 aromatic carbocycles. The molecule has 0 heterocycles. The molecule has 2 amide bonds. The molecule has 0 aromatic heterocycles. The largest absolute Gasteiger partial charge is 0.321 e. The van der Waals surface area contributed by atoms with Gasteiger partial charge < -0.3 is 5.32 Å². The molecule has 162 valence electrons. The van der Waals surface area contributed by atoms with Crippen LogP contribution in [0.15, 0.2) is 70.2 Å². The van der Waals surface area contributed by atoms with E-state index in [9.17, 15) is 24.1 Å². The molecule has 32 heavy (non-hydrogen) atoms. The molecule has 0 saturated carbocycles. The number of halogens is 3. The van der Waals surface area contributed by atoms with E-state index in [0.717, 1.165) is 6.07 Å². The second-order valence-electron chi connectivity index (χ2n) is 6.30. The van der Waals surface area contributed by atoms with Gasteiger partial charge in [-0.25, -0.2) is 9.82 Å². The summed E-state index contributed by atoms with van der Waals surface area (Å²) in [6.45, 7) is 0. The molecule has 0 radical (unpaired) electrons. The minimum atomic E-state index is -0.658. The van der Waals surface area contributed by atoms with Crippen LogP contribution in [0.3, 0.4) is 0 Å². The summed E-state index contributed by atoms with van der Waals surface area (Å²) in [5, 5.41) is 17.1. The third-order valence-electron chi connectivity index (χ3n) is 4.15. The average Bonchev–Trinajstić information content (AvgIpc) is 2.76. The topological polar surface area (TPSA) is 114 Å². The maximum Gasteiger partial charge on any atom is 0.287 e. The van der Waals surface area contributed by atoms with E-state index < -0.39 is 22.6 Å². The molecular weight excluding hydrogens is 507 g/mol. The van der Waals surface area contributed by atoms with Gasteiger partial charge in [-0.3, -0.25) is 19.7 Å². The monoisotopic (exact) mass is 518 g/mol. The van der Waals surface area contributed by atoms with Gasteiger partial charge in [-0.2, -0.15) is 5.10 Å². The van der Waals surface area contributed by atoms with Crippen molar-refractivity contribution in [1.82, 2.24) is 5.43 Å². The SMILES string of the molecule is O=C(Nc1ccccc1C(=O)N/N=C\c1ccc(F)c(Br)c1)c1ccc([N+](=O)[O-])c(Cl)c1. The first-order chi connectivity index (χ1) is 15.3. The van der Waals surface area contributed by atoms with Gasteiger partial charge >= 0.3 is 0 Å². The summed E-state index contributed by atoms with van der Waals surface area (Å²) in [7, 11) is 0. The Labute approximate surface area is 194 Å². The van der Waals surface area contributed by atoms with Crippen molar-refractivity contribution in [3.05, 3.63) is 103 Å². The average molecular weight is 520 g/mol. The van der Waals surface area contributed by atoms with Crippen LogP contribution in [0.25, 0.3) is 0 Å². The normalized spacial score (nSPS) is 10.7. The highest BCUT2D eigenvalue weighted by Gasteiger charge is 2.17. The Balaban J connectivity index is 1.73. The smallest absolute Gasteiger partial charge is 0.287 e. The maximum atomic E-state index is 13.3. The summed E-state index contributed by atoms with van der Waals surface area (Å²) in [5.74, 6) is -1.63. The van der Waals surface area contributed by atoms with Crippen LogP contribution < -0.4 is 10.7 Å². The van der Waals surface area contributed by atoms with Crippen molar-refractivity contribution >= 4 is 56.9 Å². The van der Waals surface area contributed by atoms with Crippen LogP contribution in [-0.4, -0.2) is 23.0 Å². The predicted molar refractivity (Wildman–Crippen MR) is 122 cm³/mol. The van der Waals surface area contributed by atoms with Crippen LogP contribution in [0, 0.1) is 15.9 Å². The molecular formula is C21H13BrClFN4O4. The van der Waals surface area contributed by atoms with Crippen LogP contribution in [0.2, 0.25) is 5.02 Å². The molecule has 0 spiro atoms. The second-order valence-corrected chi connectivity index (χ2v) is 7.56. The number of amides is 2. The first-order valence-corrected chi connectivity index (χ1v) is 10.1. The van der Waals surface area contributed by atoms with Crippen LogP contribution in [0.4, 0.5) is 15.8 Å². The van der Waals surface area contributed by atoms with E-state index in [0.29, 0.717) is 5.56 Å². The number of para-hydroxylation sites is 1. The Kier molecular flexibility index (Phi) is 7.29. The Morgan fingerprint density at radius 2 is 1.84 bits per heavy atom. The van der Waals surface area contributed by atoms with E-state index in [1.165, 1.54) is 48.7 Å². The zero-order valence-corrected chi connectivity index (χ0v) is 18.4. The molecule has 11 heteroatoms. The van der Waals surface area contributed by atoms with E-state index in [4.69, 9.17) is 11.6 Å². The van der Waals surface area contributed by atoms with Gasteiger partial charge in [0.05, 0.1) is 26.9 Å². The standard InChI is InChI=1S/C21H13BrClFN4O4/c22-15-9-12(5-7-17(15)24)11-25-27-21(30)14-3-1-2-4-18(14)26-20(29)13-6-8-19(28(31)32)16(23)10-13/h1-11H,(H,26,29)(H,27,30)/b25-11-. The predicted octanol–water partition coefficient (Wildman–Crippen LogP) is 5.17. The van der Waals surface area contributed by atoms with Gasteiger partial charge in [-0.05, 0) is 57.9 Å². The van der Waals surface area contributed by atoms with Crippen molar-refractivity contribution in [1.29, 1.82) is 0 Å². The Hall–Kier alpha value is -3.63. The Morgan fingerprint density at radius 1 is 1.09 bits per heavy atom. The molecule has 0 unspecified atom stereocenters. The summed E-state index contributed by atoms with van der Waals surface area (Å²) in [5.41, 5.74) is 2.97. The quantitative estimate of drug-likeness (QED) is 0.266. The number of hydrogen-bond donors (Lipinski definition) is 2. The molecule has 3 aromatic rings. The molecule has 0 fully saturated rings. The molecule has 0 aliphatic rings. The summed E-state index contributed by atoms with van der Waals surface area (Å²) >= 11 is 8.92. The molecule has 2 N–H and O–H groups in total. The molecule has 3 rings (SSSR count). The van der Waals surface area contributed by atoms with Crippen molar-refractivity contribution in [3.8, 4) is 0 Å². The van der Waals surface area contributed by atoms with Gasteiger partial charge in [0.1, 0.15) is 10.8 Å². The lowest BCUT2D eigenvalue weighted by Gasteiger charge is -2.10. The van der Waals surface area contributed by atoms with Crippen molar-refractivity contribution < 1.29 is 18.9 Å². The van der Waals surface area contributed by atoms with Gasteiger partial charge in [0.15, 0.2) is 0 Å². The van der Waals surface area contributed by atoms with E-state index in [-0.39, 0.29) is 32.0 Å². The Morgan fingerprint density at radius 3 is 2.53 bits per heavy atom. The highest BCUT2D eigenvalue weighted by atomic mass is 79.9. The maximum absolute atomic E-state index is 13.3. The summed E-state index contributed by atoms with van der Waals surface area (Å²) in [6.07, 6.45) is 1.34. The molecule has 0 bridgehead atoms. The fraction of sp³-hybridized carbons (Fsp3) is 0. The lowest BCUT2D eigenvalue weighted by Crippen LogP contribution is -2.21. The molecule has 0 atom stereocenters. The number of hydrogen-bond acceptors (Lipinski definition) is 5. The van der Waals surface area contributed by atoms with Crippen molar-refractivity contribution in [3.63, 3.8) is 0 Å². The van der Waals surface area contributed by atoms with Gasteiger partial charge in [0, 0.05) is 11.6 Å². The molecule has 0 aliphatic carbocycles. The minimum absolute atomic E-state index is 0.0794. The molecule has 0 saturated heterocycles. The van der Waals surface area contributed by atoms with Gasteiger partial charge in [-0.1, -0.05) is 29.8 Å². The highest BCUT2D eigenvalue weighted by molar-refractivity contribution is 9.10. The van der Waals surface area contributed by atoms with Crippen LogP contribution in [-0.2, 0) is 0 Å². The summed E-state index contributed by atoms with van der Waals surface area (Å²) in [4.78, 5) is 35.3. The number of carbonyl (C=O) groups excluding carboxylic acids is 2. The number of benzene rings is 3. The number of nitrogens with zero attached hydrogens (tertiary/aromatic N) is 2. The van der Waals surface area contributed by atoms with E-state index in [1.54, 1.807) is 12.1 Å². The number of nitrogens with one attached hydrogen (secondary N) is 2. The second kappa shape index (κ2) is 10.1. The first kappa shape index (κ1) is 23.0. The Bertz CT molecular complexity index is 1250. The van der Waals surface area contributed by atoms with Crippen LogP contribution >= 0.6 is 27.5 Å². The van der Waals surface area contributed by atoms with Crippen LogP contribution in [0.1, 0.15) is 26.3 Å². The van der Waals surface area contributed by atoms with Crippen molar-refractivity contribution in [2.45, 2.75) is 0 Å². The lowest BCUT2D eigenvalue weighted by atomic mass is 10.1. The van der Waals surface area contributed by atoms with E-state index >= 15 is 0 Å². The summed E-state index contributed by atoms with van der Waals surface area (Å²) in [6, 6.07) is 14.0. The summed E-state index contributed by atoms with van der Waals surface area (Å²) < 4.78 is 13.5. The van der Waals surface area contributed by atoms with E-state index in [1.807, 2.05) is 0 Å². The minimum Gasteiger partial charge on any atom is -0.321 e. The molecule has 0 aliphatic heterocycles. The highest BCUT2D eigenvalue weighted by Crippen LogP contribution is 2.26. The zero-order chi connectivity index (χ0) is 23.3. The first-order valence-electron chi connectivity index (χ1n) is 8.89. The fourth-order valence-corrected chi connectivity index (χ4v) is 3.25. The van der Waals surface area contributed by atoms with Gasteiger partial charge in [0.25, 0.3) is 17.5 Å². The van der Waals surface area contributed by atoms with Gasteiger partial charge in [0.2, 0.25) is 0 Å². The number of rotatable bonds is 6. The van der Waals surface area contributed by atoms with Crippen molar-refractivity contribution in [2.75, 3.05) is 5.32 Å². The number of anilines is 1. The zero-order valence-electron chi connectivity index (χ0n) is 16.0. The third kappa shape index (κ3) is 5.54. The van der Waals surface area contributed by atoms with E-state index in [2.05, 4.69) is 31.8 Å². The number of hydrazone groups is 1. The molecule has 8 nitrogen and oxygen atoms in total. The number of carbonyl (C=O) groups is 2. The lowest BCUT2D eigenvalue weighted by molar-refractivity contribution is -0.384.